The van der Waals surface area contributed by atoms with Gasteiger partial charge in [-0.25, -0.2) is 0 Å². The summed E-state index contributed by atoms with van der Waals surface area (Å²) in [6.45, 7) is 0.763. The third-order valence-electron chi connectivity index (χ3n) is 4.96. The summed E-state index contributed by atoms with van der Waals surface area (Å²) in [5.41, 5.74) is 1.98. The fourth-order valence-corrected chi connectivity index (χ4v) is 3.45. The topological polar surface area (TPSA) is 67.0 Å². The molecule has 0 aliphatic heterocycles. The maximum Gasteiger partial charge on any atom is 0.254 e. The van der Waals surface area contributed by atoms with E-state index in [0.29, 0.717) is 11.5 Å². The summed E-state index contributed by atoms with van der Waals surface area (Å²) in [5.74, 6) is 2.21. The maximum absolute atomic E-state index is 11.9. The Morgan fingerprint density at radius 1 is 1.21 bits per heavy atom. The minimum absolute atomic E-state index is 0.0379. The van der Waals surface area contributed by atoms with Crippen LogP contribution in [0.3, 0.4) is 0 Å². The largest absolute Gasteiger partial charge is 0.497 e. The maximum atomic E-state index is 11.9. The molecule has 5 heteroatoms. The van der Waals surface area contributed by atoms with Gasteiger partial charge in [0.15, 0.2) is 0 Å². The third-order valence-corrected chi connectivity index (χ3v) is 4.96. The molecule has 1 aliphatic carbocycles. The van der Waals surface area contributed by atoms with Crippen LogP contribution in [0.4, 0.5) is 0 Å². The molecule has 24 heavy (non-hydrogen) atoms. The van der Waals surface area contributed by atoms with E-state index in [0.717, 1.165) is 24.6 Å². The van der Waals surface area contributed by atoms with Gasteiger partial charge in [-0.05, 0) is 61.6 Å². The van der Waals surface area contributed by atoms with E-state index in [1.165, 1.54) is 31.2 Å². The average Bonchev–Trinajstić information content (AvgIpc) is 3.16. The number of benzene rings is 1. The number of aromatic amines is 1. The summed E-state index contributed by atoms with van der Waals surface area (Å²) in [4.78, 5) is 11.9. The first-order valence-corrected chi connectivity index (χ1v) is 8.64. The molecule has 1 amide bonds. The van der Waals surface area contributed by atoms with Gasteiger partial charge in [-0.15, -0.1) is 0 Å². The number of rotatable bonds is 6. The normalized spacial score (nSPS) is 20.5. The molecule has 1 aliphatic rings. The van der Waals surface area contributed by atoms with Crippen LogP contribution in [0.2, 0.25) is 0 Å². The lowest BCUT2D eigenvalue weighted by Crippen LogP contribution is -2.31. The molecule has 0 unspecified atom stereocenters. The van der Waals surface area contributed by atoms with E-state index in [9.17, 15) is 4.79 Å². The predicted octanol–water partition coefficient (Wildman–Crippen LogP) is 3.20. The van der Waals surface area contributed by atoms with Crippen molar-refractivity contribution in [3.63, 3.8) is 0 Å². The van der Waals surface area contributed by atoms with Crippen molar-refractivity contribution in [2.24, 2.45) is 11.8 Å². The van der Waals surface area contributed by atoms with Gasteiger partial charge in [-0.1, -0.05) is 12.1 Å². The molecule has 0 atom stereocenters. The first-order chi connectivity index (χ1) is 11.7. The van der Waals surface area contributed by atoms with Crippen LogP contribution in [0.5, 0.6) is 5.75 Å². The molecule has 1 saturated carbocycles. The number of nitrogens with one attached hydrogen (secondary N) is 2. The number of carbonyl (C=O) groups is 1. The number of carbonyl (C=O) groups excluding carboxylic acids is 1. The van der Waals surface area contributed by atoms with Crippen LogP contribution in [-0.2, 0) is 6.42 Å². The van der Waals surface area contributed by atoms with Gasteiger partial charge in [-0.3, -0.25) is 9.89 Å². The first kappa shape index (κ1) is 16.6. The molecule has 1 heterocycles. The zero-order valence-electron chi connectivity index (χ0n) is 14.1. The number of methoxy groups -OCH3 is 1. The summed E-state index contributed by atoms with van der Waals surface area (Å²) in [6, 6.07) is 8.39. The molecule has 1 aromatic heterocycles. The average molecular weight is 327 g/mol. The molecule has 2 N–H and O–H groups in total. The predicted molar refractivity (Wildman–Crippen MR) is 93.1 cm³/mol. The van der Waals surface area contributed by atoms with Crippen molar-refractivity contribution < 1.29 is 9.53 Å². The van der Waals surface area contributed by atoms with Crippen molar-refractivity contribution in [1.29, 1.82) is 0 Å². The van der Waals surface area contributed by atoms with Crippen molar-refractivity contribution >= 4 is 5.91 Å². The van der Waals surface area contributed by atoms with Gasteiger partial charge in [0.1, 0.15) is 5.75 Å². The Labute approximate surface area is 142 Å². The Balaban J connectivity index is 1.39. The van der Waals surface area contributed by atoms with Crippen molar-refractivity contribution in [1.82, 2.24) is 15.5 Å². The van der Waals surface area contributed by atoms with Gasteiger partial charge >= 0.3 is 0 Å². The number of nitrogens with zero attached hydrogens (tertiary/aromatic N) is 1. The SMILES string of the molecule is COc1ccc(CC2CCC(CNC(=O)c3cn[nH]c3)CC2)cc1. The lowest BCUT2D eigenvalue weighted by molar-refractivity contribution is 0.0941. The van der Waals surface area contributed by atoms with Crippen LogP contribution in [0.25, 0.3) is 0 Å². The Bertz CT molecular complexity index is 629. The first-order valence-electron chi connectivity index (χ1n) is 8.64. The second kappa shape index (κ2) is 7.99. The van der Waals surface area contributed by atoms with Gasteiger partial charge in [0.2, 0.25) is 0 Å². The fourth-order valence-electron chi connectivity index (χ4n) is 3.45. The van der Waals surface area contributed by atoms with Gasteiger partial charge in [0.25, 0.3) is 5.91 Å². The van der Waals surface area contributed by atoms with Crippen molar-refractivity contribution in [3.05, 3.63) is 47.8 Å². The highest BCUT2D eigenvalue weighted by atomic mass is 16.5. The molecule has 1 fully saturated rings. The zero-order valence-corrected chi connectivity index (χ0v) is 14.1. The van der Waals surface area contributed by atoms with Crippen LogP contribution in [0, 0.1) is 11.8 Å². The summed E-state index contributed by atoms with van der Waals surface area (Å²) < 4.78 is 5.21. The molecule has 0 saturated heterocycles. The smallest absolute Gasteiger partial charge is 0.254 e. The molecular formula is C19H25N3O2. The molecule has 1 aromatic carbocycles. The summed E-state index contributed by atoms with van der Waals surface area (Å²) in [5, 5.41) is 9.49. The minimum atomic E-state index is -0.0379. The fraction of sp³-hybridized carbons (Fsp3) is 0.474. The van der Waals surface area contributed by atoms with Gasteiger partial charge in [0.05, 0.1) is 18.9 Å². The number of aromatic nitrogens is 2. The van der Waals surface area contributed by atoms with E-state index >= 15 is 0 Å². The zero-order chi connectivity index (χ0) is 16.8. The number of H-pyrrole nitrogens is 1. The summed E-state index contributed by atoms with van der Waals surface area (Å²) in [6.07, 6.45) is 9.16. The van der Waals surface area contributed by atoms with Crippen LogP contribution in [0.15, 0.2) is 36.7 Å². The van der Waals surface area contributed by atoms with Crippen molar-refractivity contribution in [2.75, 3.05) is 13.7 Å². The van der Waals surface area contributed by atoms with Gasteiger partial charge in [-0.2, -0.15) is 5.10 Å². The highest BCUT2D eigenvalue weighted by Gasteiger charge is 2.22. The van der Waals surface area contributed by atoms with Gasteiger partial charge < -0.3 is 10.1 Å². The molecule has 128 valence electrons. The summed E-state index contributed by atoms with van der Waals surface area (Å²) >= 11 is 0. The molecule has 0 radical (unpaired) electrons. The Hall–Kier alpha value is -2.30. The molecular weight excluding hydrogens is 302 g/mol. The Morgan fingerprint density at radius 3 is 2.54 bits per heavy atom. The van der Waals surface area contributed by atoms with E-state index in [4.69, 9.17) is 4.74 Å². The monoisotopic (exact) mass is 327 g/mol. The van der Waals surface area contributed by atoms with E-state index in [1.807, 2.05) is 12.1 Å². The number of ether oxygens (including phenoxy) is 1. The quantitative estimate of drug-likeness (QED) is 0.856. The second-order valence-corrected chi connectivity index (χ2v) is 6.64. The number of hydrogen-bond acceptors (Lipinski definition) is 3. The van der Waals surface area contributed by atoms with E-state index in [1.54, 1.807) is 19.5 Å². The lowest BCUT2D eigenvalue weighted by atomic mass is 9.79. The molecule has 0 bridgehead atoms. The lowest BCUT2D eigenvalue weighted by Gasteiger charge is -2.28. The summed E-state index contributed by atoms with van der Waals surface area (Å²) in [7, 11) is 1.70. The van der Waals surface area contributed by atoms with E-state index < -0.39 is 0 Å². The number of hydrogen-bond donors (Lipinski definition) is 2. The highest BCUT2D eigenvalue weighted by molar-refractivity contribution is 5.93. The third kappa shape index (κ3) is 4.37. The van der Waals surface area contributed by atoms with Crippen LogP contribution in [-0.4, -0.2) is 29.8 Å². The molecule has 2 aromatic rings. The minimum Gasteiger partial charge on any atom is -0.497 e. The van der Waals surface area contributed by atoms with Crippen LogP contribution >= 0.6 is 0 Å². The molecule has 0 spiro atoms. The Kier molecular flexibility index (Phi) is 5.51. The van der Waals surface area contributed by atoms with Crippen LogP contribution < -0.4 is 10.1 Å². The molecule has 5 nitrogen and oxygen atoms in total. The van der Waals surface area contributed by atoms with E-state index in [-0.39, 0.29) is 5.91 Å². The highest BCUT2D eigenvalue weighted by Crippen LogP contribution is 2.31. The second-order valence-electron chi connectivity index (χ2n) is 6.64. The van der Waals surface area contributed by atoms with Gasteiger partial charge in [0, 0.05) is 12.7 Å². The van der Waals surface area contributed by atoms with Crippen molar-refractivity contribution in [2.45, 2.75) is 32.1 Å². The molecule has 3 rings (SSSR count). The van der Waals surface area contributed by atoms with Crippen LogP contribution in [0.1, 0.15) is 41.6 Å². The van der Waals surface area contributed by atoms with E-state index in [2.05, 4.69) is 27.6 Å². The number of amides is 1. The Morgan fingerprint density at radius 2 is 1.92 bits per heavy atom. The standard InChI is InChI=1S/C19H25N3O2/c1-24-18-8-6-15(7-9-18)10-14-2-4-16(5-3-14)11-20-19(23)17-12-21-22-13-17/h6-9,12-14,16H,2-5,10-11H2,1H3,(H,20,23)(H,21,22). The van der Waals surface area contributed by atoms with Crippen molar-refractivity contribution in [3.8, 4) is 5.75 Å².